The van der Waals surface area contributed by atoms with Crippen molar-refractivity contribution in [1.82, 2.24) is 19.6 Å². The summed E-state index contributed by atoms with van der Waals surface area (Å²) < 4.78 is 7.31. The number of carbonyl (C=O) groups is 1. The molecule has 130 valence electrons. The second kappa shape index (κ2) is 7.66. The maximum atomic E-state index is 13.2. The van der Waals surface area contributed by atoms with Gasteiger partial charge in [0.2, 0.25) is 0 Å². The number of hydrogen-bond donors (Lipinski definition) is 0. The van der Waals surface area contributed by atoms with Crippen molar-refractivity contribution in [2.75, 3.05) is 20.1 Å². The summed E-state index contributed by atoms with van der Waals surface area (Å²) in [5.41, 5.74) is 0.669. The first kappa shape index (κ1) is 16.8. The fourth-order valence-electron chi connectivity index (χ4n) is 3.30. The average Bonchev–Trinajstić information content (AvgIpc) is 3.25. The number of rotatable bonds is 6. The summed E-state index contributed by atoms with van der Waals surface area (Å²) in [5, 5.41) is 4.30. The van der Waals surface area contributed by atoms with Crippen molar-refractivity contribution in [2.45, 2.75) is 45.3 Å². The van der Waals surface area contributed by atoms with Crippen LogP contribution in [0.5, 0.6) is 0 Å². The molecule has 0 aromatic carbocycles. The van der Waals surface area contributed by atoms with Crippen molar-refractivity contribution in [3.8, 4) is 0 Å². The number of amides is 1. The number of piperidine rings is 1. The van der Waals surface area contributed by atoms with Crippen molar-refractivity contribution in [3.05, 3.63) is 42.1 Å². The van der Waals surface area contributed by atoms with Gasteiger partial charge in [-0.3, -0.25) is 9.48 Å². The lowest BCUT2D eigenvalue weighted by Crippen LogP contribution is -2.46. The zero-order valence-electron chi connectivity index (χ0n) is 14.5. The van der Waals surface area contributed by atoms with E-state index in [-0.39, 0.29) is 11.9 Å². The van der Waals surface area contributed by atoms with Gasteiger partial charge in [-0.1, -0.05) is 6.92 Å². The zero-order valence-corrected chi connectivity index (χ0v) is 14.5. The van der Waals surface area contributed by atoms with E-state index in [1.54, 1.807) is 12.5 Å². The van der Waals surface area contributed by atoms with E-state index >= 15 is 0 Å². The number of nitrogens with zero attached hydrogens (tertiary/aromatic N) is 4. The highest BCUT2D eigenvalue weighted by molar-refractivity contribution is 5.92. The number of aryl methyl sites for hydroxylation is 1. The quantitative estimate of drug-likeness (QED) is 0.817. The number of hydrogen-bond acceptors (Lipinski definition) is 4. The van der Waals surface area contributed by atoms with Gasteiger partial charge in [-0.2, -0.15) is 5.10 Å². The zero-order chi connectivity index (χ0) is 16.9. The molecule has 24 heavy (non-hydrogen) atoms. The number of likely N-dealkylation sites (tertiary alicyclic amines) is 1. The Bertz CT molecular complexity index is 642. The Labute approximate surface area is 143 Å². The molecule has 1 amide bonds. The topological polar surface area (TPSA) is 54.5 Å². The molecule has 1 saturated heterocycles. The third kappa shape index (κ3) is 3.70. The van der Waals surface area contributed by atoms with Gasteiger partial charge in [0.15, 0.2) is 0 Å². The molecule has 0 aliphatic carbocycles. The highest BCUT2D eigenvalue weighted by Crippen LogP contribution is 2.21. The normalized spacial score (nSPS) is 16.4. The van der Waals surface area contributed by atoms with Crippen LogP contribution in [0.1, 0.15) is 42.4 Å². The Morgan fingerprint density at radius 2 is 2.17 bits per heavy atom. The lowest BCUT2D eigenvalue weighted by molar-refractivity contribution is 0.0538. The Morgan fingerprint density at radius 1 is 1.38 bits per heavy atom. The fraction of sp³-hybridized carbons (Fsp3) is 0.556. The predicted molar refractivity (Wildman–Crippen MR) is 91.6 cm³/mol. The van der Waals surface area contributed by atoms with Crippen molar-refractivity contribution in [1.29, 1.82) is 0 Å². The van der Waals surface area contributed by atoms with Crippen LogP contribution in [-0.4, -0.2) is 51.7 Å². The minimum atomic E-state index is 0.0481. The van der Waals surface area contributed by atoms with E-state index in [4.69, 9.17) is 4.42 Å². The molecule has 0 spiro atoms. The van der Waals surface area contributed by atoms with E-state index in [0.29, 0.717) is 12.2 Å². The van der Waals surface area contributed by atoms with Gasteiger partial charge in [-0.25, -0.2) is 0 Å². The SMILES string of the molecule is CCCn1nccc1C(=O)N(Cc1ccco1)C1CCN(C)CC1. The number of furan rings is 1. The first-order chi connectivity index (χ1) is 11.7. The van der Waals surface area contributed by atoms with Crippen LogP contribution in [-0.2, 0) is 13.1 Å². The monoisotopic (exact) mass is 330 g/mol. The van der Waals surface area contributed by atoms with Crippen molar-refractivity contribution >= 4 is 5.91 Å². The molecule has 6 nitrogen and oxygen atoms in total. The molecule has 1 aliphatic heterocycles. The maximum Gasteiger partial charge on any atom is 0.272 e. The summed E-state index contributed by atoms with van der Waals surface area (Å²) in [7, 11) is 2.13. The first-order valence-corrected chi connectivity index (χ1v) is 8.72. The molecule has 1 aliphatic rings. The summed E-state index contributed by atoms with van der Waals surface area (Å²) >= 11 is 0. The number of carbonyl (C=O) groups excluding carboxylic acids is 1. The van der Waals surface area contributed by atoms with E-state index in [0.717, 1.165) is 44.7 Å². The van der Waals surface area contributed by atoms with Crippen LogP contribution in [0, 0.1) is 0 Å². The largest absolute Gasteiger partial charge is 0.467 e. The van der Waals surface area contributed by atoms with Crippen molar-refractivity contribution < 1.29 is 9.21 Å². The maximum absolute atomic E-state index is 13.2. The minimum Gasteiger partial charge on any atom is -0.467 e. The second-order valence-corrected chi connectivity index (χ2v) is 6.49. The summed E-state index contributed by atoms with van der Waals surface area (Å²) in [6.07, 6.45) is 6.31. The molecule has 0 unspecified atom stereocenters. The molecule has 3 heterocycles. The molecule has 0 atom stereocenters. The summed E-state index contributed by atoms with van der Waals surface area (Å²) in [6, 6.07) is 5.86. The average molecular weight is 330 g/mol. The predicted octanol–water partition coefficient (Wildman–Crippen LogP) is 2.62. The van der Waals surface area contributed by atoms with Gasteiger partial charge in [0.25, 0.3) is 5.91 Å². The molecule has 6 heteroatoms. The van der Waals surface area contributed by atoms with Gasteiger partial charge >= 0.3 is 0 Å². The molecule has 1 fully saturated rings. The van der Waals surface area contributed by atoms with Crippen molar-refractivity contribution in [3.63, 3.8) is 0 Å². The molecule has 3 rings (SSSR count). The van der Waals surface area contributed by atoms with Crippen LogP contribution < -0.4 is 0 Å². The first-order valence-electron chi connectivity index (χ1n) is 8.72. The molecule has 0 N–H and O–H groups in total. The standard InChI is InChI=1S/C18H26N4O2/c1-3-10-22-17(6-9-19-22)18(23)21(14-16-5-4-13-24-16)15-7-11-20(2)12-8-15/h4-6,9,13,15H,3,7-8,10-12,14H2,1-2H3. The van der Waals surface area contributed by atoms with Gasteiger partial charge < -0.3 is 14.2 Å². The Kier molecular flexibility index (Phi) is 5.35. The summed E-state index contributed by atoms with van der Waals surface area (Å²) in [5.74, 6) is 0.871. The Balaban J connectivity index is 1.82. The van der Waals surface area contributed by atoms with Gasteiger partial charge in [0, 0.05) is 18.8 Å². The molecule has 0 radical (unpaired) electrons. The Morgan fingerprint density at radius 3 is 2.83 bits per heavy atom. The highest BCUT2D eigenvalue weighted by atomic mass is 16.3. The summed E-state index contributed by atoms with van der Waals surface area (Å²) in [6.45, 7) is 5.39. The highest BCUT2D eigenvalue weighted by Gasteiger charge is 2.30. The van der Waals surface area contributed by atoms with E-state index in [1.165, 1.54) is 0 Å². The van der Waals surface area contributed by atoms with Crippen LogP contribution in [0.3, 0.4) is 0 Å². The van der Waals surface area contributed by atoms with Crippen LogP contribution in [0.4, 0.5) is 0 Å². The van der Waals surface area contributed by atoms with E-state index < -0.39 is 0 Å². The fourth-order valence-corrected chi connectivity index (χ4v) is 3.30. The lowest BCUT2D eigenvalue weighted by Gasteiger charge is -2.37. The molecular formula is C18H26N4O2. The molecule has 2 aromatic rings. The Hall–Kier alpha value is -2.08. The number of aromatic nitrogens is 2. The van der Waals surface area contributed by atoms with E-state index in [1.807, 2.05) is 27.8 Å². The van der Waals surface area contributed by atoms with Crippen LogP contribution in [0.15, 0.2) is 35.1 Å². The van der Waals surface area contributed by atoms with E-state index in [2.05, 4.69) is 24.0 Å². The third-order valence-corrected chi connectivity index (χ3v) is 4.67. The van der Waals surface area contributed by atoms with Crippen molar-refractivity contribution in [2.24, 2.45) is 0 Å². The molecule has 2 aromatic heterocycles. The molecule has 0 bridgehead atoms. The van der Waals surface area contributed by atoms with Crippen LogP contribution in [0.2, 0.25) is 0 Å². The third-order valence-electron chi connectivity index (χ3n) is 4.67. The molecule has 0 saturated carbocycles. The minimum absolute atomic E-state index is 0.0481. The van der Waals surface area contributed by atoms with Crippen LogP contribution in [0.25, 0.3) is 0 Å². The second-order valence-electron chi connectivity index (χ2n) is 6.49. The van der Waals surface area contributed by atoms with Gasteiger partial charge in [-0.05, 0) is 57.6 Å². The molecular weight excluding hydrogens is 304 g/mol. The van der Waals surface area contributed by atoms with Gasteiger partial charge in [0.05, 0.1) is 12.8 Å². The van der Waals surface area contributed by atoms with Gasteiger partial charge in [-0.15, -0.1) is 0 Å². The smallest absolute Gasteiger partial charge is 0.272 e. The lowest BCUT2D eigenvalue weighted by atomic mass is 10.0. The van der Waals surface area contributed by atoms with Crippen LogP contribution >= 0.6 is 0 Å². The van der Waals surface area contributed by atoms with E-state index in [9.17, 15) is 4.79 Å². The summed E-state index contributed by atoms with van der Waals surface area (Å²) in [4.78, 5) is 17.5. The van der Waals surface area contributed by atoms with Gasteiger partial charge in [0.1, 0.15) is 11.5 Å².